The zero-order chi connectivity index (χ0) is 20.4. The first kappa shape index (κ1) is 19.4. The zero-order valence-corrected chi connectivity index (χ0v) is 16.5. The maximum atomic E-state index is 12.7. The molecule has 0 saturated carbocycles. The van der Waals surface area contributed by atoms with E-state index in [9.17, 15) is 9.59 Å². The van der Waals surface area contributed by atoms with Crippen LogP contribution in [-0.2, 0) is 11.3 Å². The number of anilines is 1. The van der Waals surface area contributed by atoms with Gasteiger partial charge in [0.2, 0.25) is 5.91 Å². The fourth-order valence-electron chi connectivity index (χ4n) is 3.76. The Morgan fingerprint density at radius 3 is 2.86 bits per heavy atom. The molecule has 1 aromatic heterocycles. The molecule has 4 rings (SSSR count). The van der Waals surface area contributed by atoms with E-state index in [2.05, 4.69) is 15.2 Å². The second kappa shape index (κ2) is 8.19. The van der Waals surface area contributed by atoms with Gasteiger partial charge in [0, 0.05) is 23.2 Å². The van der Waals surface area contributed by atoms with Crippen LogP contribution in [0.3, 0.4) is 0 Å². The number of amides is 2. The minimum absolute atomic E-state index is 0.199. The van der Waals surface area contributed by atoms with E-state index in [1.807, 2.05) is 30.3 Å². The molecule has 1 aliphatic rings. The molecular weight excluding hydrogens is 388 g/mol. The second-order valence-corrected chi connectivity index (χ2v) is 7.61. The van der Waals surface area contributed by atoms with Gasteiger partial charge in [-0.3, -0.25) is 14.5 Å². The lowest BCUT2D eigenvalue weighted by atomic mass is 10.1. The molecule has 1 unspecified atom stereocenters. The van der Waals surface area contributed by atoms with Crippen molar-refractivity contribution in [2.45, 2.75) is 25.4 Å². The number of hydrogen-bond acceptors (Lipinski definition) is 4. The molecule has 3 aromatic rings. The lowest BCUT2D eigenvalue weighted by Crippen LogP contribution is -2.39. The smallest absolute Gasteiger partial charge is 0.255 e. The van der Waals surface area contributed by atoms with E-state index in [1.165, 1.54) is 0 Å². The number of nitrogens with one attached hydrogen (secondary N) is 1. The van der Waals surface area contributed by atoms with Gasteiger partial charge in [-0.2, -0.15) is 0 Å². The second-order valence-electron chi connectivity index (χ2n) is 7.23. The molecule has 0 radical (unpaired) electrons. The SMILES string of the molecule is NC(=O)C1CCCN1Cc1cccc(NC(=O)c2ccc3nc(Cl)ccc3c2)c1. The third kappa shape index (κ3) is 4.39. The molecular formula is C22H21ClN4O2. The van der Waals surface area contributed by atoms with Gasteiger partial charge in [-0.05, 0) is 67.4 Å². The predicted molar refractivity (Wildman–Crippen MR) is 114 cm³/mol. The molecule has 148 valence electrons. The van der Waals surface area contributed by atoms with Crippen LogP contribution in [0.2, 0.25) is 5.15 Å². The summed E-state index contributed by atoms with van der Waals surface area (Å²) in [6.07, 6.45) is 1.76. The standard InChI is InChI=1S/C22H21ClN4O2/c23-20-9-7-15-12-16(6-8-18(15)26-20)22(29)25-17-4-1-3-14(11-17)13-27-10-2-5-19(27)21(24)28/h1,3-4,6-9,11-12,19H,2,5,10,13H2,(H2,24,28)(H,25,29). The fourth-order valence-corrected chi connectivity index (χ4v) is 3.92. The topological polar surface area (TPSA) is 88.3 Å². The molecule has 3 N–H and O–H groups in total. The Hall–Kier alpha value is -2.96. The first-order valence-electron chi connectivity index (χ1n) is 9.49. The van der Waals surface area contributed by atoms with Crippen LogP contribution in [0.25, 0.3) is 10.9 Å². The highest BCUT2D eigenvalue weighted by Crippen LogP contribution is 2.22. The molecule has 1 fully saturated rings. The molecule has 2 heterocycles. The average Bonchev–Trinajstić information content (AvgIpc) is 3.16. The number of likely N-dealkylation sites (tertiary alicyclic amines) is 1. The van der Waals surface area contributed by atoms with E-state index >= 15 is 0 Å². The van der Waals surface area contributed by atoms with Gasteiger partial charge in [0.1, 0.15) is 5.15 Å². The van der Waals surface area contributed by atoms with Crippen LogP contribution in [0, 0.1) is 0 Å². The highest BCUT2D eigenvalue weighted by atomic mass is 35.5. The minimum atomic E-state index is -0.279. The summed E-state index contributed by atoms with van der Waals surface area (Å²) in [7, 11) is 0. The molecule has 2 aromatic carbocycles. The number of nitrogens with zero attached hydrogens (tertiary/aromatic N) is 2. The summed E-state index contributed by atoms with van der Waals surface area (Å²) >= 11 is 5.91. The van der Waals surface area contributed by atoms with Gasteiger partial charge < -0.3 is 11.1 Å². The van der Waals surface area contributed by atoms with Crippen LogP contribution >= 0.6 is 11.6 Å². The van der Waals surface area contributed by atoms with E-state index in [0.717, 1.165) is 35.9 Å². The number of halogens is 1. The summed E-state index contributed by atoms with van der Waals surface area (Å²) in [5.41, 5.74) is 8.51. The Kier molecular flexibility index (Phi) is 5.47. The average molecular weight is 409 g/mol. The van der Waals surface area contributed by atoms with Gasteiger partial charge in [-0.1, -0.05) is 23.7 Å². The van der Waals surface area contributed by atoms with Gasteiger partial charge in [0.25, 0.3) is 5.91 Å². The van der Waals surface area contributed by atoms with Crippen molar-refractivity contribution < 1.29 is 9.59 Å². The summed E-state index contributed by atoms with van der Waals surface area (Å²) in [5.74, 6) is -0.478. The maximum absolute atomic E-state index is 12.7. The summed E-state index contributed by atoms with van der Waals surface area (Å²) in [5, 5.41) is 4.21. The van der Waals surface area contributed by atoms with Gasteiger partial charge >= 0.3 is 0 Å². The van der Waals surface area contributed by atoms with Crippen LogP contribution in [0.4, 0.5) is 5.69 Å². The van der Waals surface area contributed by atoms with Crippen LogP contribution in [-0.4, -0.2) is 34.3 Å². The fraction of sp³-hybridized carbons (Fsp3) is 0.227. The molecule has 6 nitrogen and oxygen atoms in total. The van der Waals surface area contributed by atoms with Crippen molar-refractivity contribution in [2.75, 3.05) is 11.9 Å². The van der Waals surface area contributed by atoms with Crippen LogP contribution < -0.4 is 11.1 Å². The number of nitrogens with two attached hydrogens (primary N) is 1. The maximum Gasteiger partial charge on any atom is 0.255 e. The van der Waals surface area contributed by atoms with E-state index in [0.29, 0.717) is 22.9 Å². The van der Waals surface area contributed by atoms with E-state index < -0.39 is 0 Å². The number of hydrogen-bond donors (Lipinski definition) is 2. The summed E-state index contributed by atoms with van der Waals surface area (Å²) in [6.45, 7) is 1.47. The van der Waals surface area contributed by atoms with Crippen molar-refractivity contribution in [2.24, 2.45) is 5.73 Å². The summed E-state index contributed by atoms with van der Waals surface area (Å²) < 4.78 is 0. The third-order valence-corrected chi connectivity index (χ3v) is 5.39. The number of carbonyl (C=O) groups is 2. The van der Waals surface area contributed by atoms with Crippen molar-refractivity contribution in [1.82, 2.24) is 9.88 Å². The molecule has 0 aliphatic carbocycles. The van der Waals surface area contributed by atoms with Gasteiger partial charge in [0.05, 0.1) is 11.6 Å². The number of aromatic nitrogens is 1. The van der Waals surface area contributed by atoms with Crippen molar-refractivity contribution >= 4 is 40.0 Å². The van der Waals surface area contributed by atoms with Crippen LogP contribution in [0.5, 0.6) is 0 Å². The number of pyridine rings is 1. The molecule has 7 heteroatoms. The van der Waals surface area contributed by atoms with Crippen molar-refractivity contribution in [1.29, 1.82) is 0 Å². The number of fused-ring (bicyclic) bond motifs is 1. The van der Waals surface area contributed by atoms with Crippen molar-refractivity contribution in [3.63, 3.8) is 0 Å². The molecule has 0 spiro atoms. The third-order valence-electron chi connectivity index (χ3n) is 5.18. The lowest BCUT2D eigenvalue weighted by molar-refractivity contribution is -0.122. The first-order chi connectivity index (χ1) is 14.0. The van der Waals surface area contributed by atoms with Gasteiger partial charge in [-0.15, -0.1) is 0 Å². The largest absolute Gasteiger partial charge is 0.368 e. The monoisotopic (exact) mass is 408 g/mol. The normalized spacial score (nSPS) is 16.8. The van der Waals surface area contributed by atoms with Crippen molar-refractivity contribution in [3.05, 3.63) is 70.9 Å². The Morgan fingerprint density at radius 1 is 1.17 bits per heavy atom. The highest BCUT2D eigenvalue weighted by molar-refractivity contribution is 6.29. The zero-order valence-electron chi connectivity index (χ0n) is 15.8. The highest BCUT2D eigenvalue weighted by Gasteiger charge is 2.28. The van der Waals surface area contributed by atoms with E-state index in [1.54, 1.807) is 24.3 Å². The Labute approximate surface area is 173 Å². The number of carbonyl (C=O) groups excluding carboxylic acids is 2. The molecule has 2 amide bonds. The number of benzene rings is 2. The van der Waals surface area contributed by atoms with Crippen LogP contribution in [0.15, 0.2) is 54.6 Å². The summed E-state index contributed by atoms with van der Waals surface area (Å²) in [6, 6.07) is 16.3. The lowest BCUT2D eigenvalue weighted by Gasteiger charge is -2.22. The van der Waals surface area contributed by atoms with Crippen LogP contribution in [0.1, 0.15) is 28.8 Å². The molecule has 1 saturated heterocycles. The summed E-state index contributed by atoms with van der Waals surface area (Å²) in [4.78, 5) is 30.6. The van der Waals surface area contributed by atoms with E-state index in [4.69, 9.17) is 17.3 Å². The molecule has 1 aliphatic heterocycles. The Morgan fingerprint density at radius 2 is 2.03 bits per heavy atom. The number of primary amides is 1. The van der Waals surface area contributed by atoms with Gasteiger partial charge in [0.15, 0.2) is 0 Å². The first-order valence-corrected chi connectivity index (χ1v) is 9.87. The molecule has 1 atom stereocenters. The van der Waals surface area contributed by atoms with Crippen molar-refractivity contribution in [3.8, 4) is 0 Å². The Bertz CT molecular complexity index is 1090. The minimum Gasteiger partial charge on any atom is -0.368 e. The molecule has 0 bridgehead atoms. The predicted octanol–water partition coefficient (Wildman–Crippen LogP) is 3.59. The quantitative estimate of drug-likeness (QED) is 0.631. The number of rotatable bonds is 5. The Balaban J connectivity index is 1.48. The molecule has 29 heavy (non-hydrogen) atoms. The van der Waals surface area contributed by atoms with Gasteiger partial charge in [-0.25, -0.2) is 4.98 Å². The van der Waals surface area contributed by atoms with E-state index in [-0.39, 0.29) is 17.9 Å².